The summed E-state index contributed by atoms with van der Waals surface area (Å²) in [4.78, 5) is 0. The maximum absolute atomic E-state index is 12.5. The van der Waals surface area contributed by atoms with Crippen molar-refractivity contribution in [1.82, 2.24) is 5.32 Å². The Balaban J connectivity index is 2.55. The normalized spacial score (nSPS) is 22.8. The molecule has 1 atom stereocenters. The van der Waals surface area contributed by atoms with Gasteiger partial charge in [-0.3, -0.25) is 0 Å². The lowest BCUT2D eigenvalue weighted by molar-refractivity contribution is -0.283. The summed E-state index contributed by atoms with van der Waals surface area (Å²) in [5, 5.41) is 2.90. The zero-order valence-electron chi connectivity index (χ0n) is 8.27. The van der Waals surface area contributed by atoms with E-state index in [4.69, 9.17) is 0 Å². The second kappa shape index (κ2) is 4.83. The van der Waals surface area contributed by atoms with Gasteiger partial charge in [0.1, 0.15) is 5.76 Å². The van der Waals surface area contributed by atoms with Crippen LogP contribution in [0.25, 0.3) is 0 Å². The fourth-order valence-electron chi connectivity index (χ4n) is 1.42. The number of rotatable bonds is 4. The Labute approximate surface area is 85.3 Å². The number of alkyl halides is 4. The Morgan fingerprint density at radius 3 is 2.73 bits per heavy atom. The molecule has 6 heteroatoms. The summed E-state index contributed by atoms with van der Waals surface area (Å²) in [5.74, 6) is -0.0640. The summed E-state index contributed by atoms with van der Waals surface area (Å²) >= 11 is 0. The van der Waals surface area contributed by atoms with Crippen LogP contribution < -0.4 is 5.32 Å². The van der Waals surface area contributed by atoms with Gasteiger partial charge in [0.2, 0.25) is 0 Å². The Morgan fingerprint density at radius 1 is 1.53 bits per heavy atom. The highest BCUT2D eigenvalue weighted by Gasteiger charge is 2.44. The van der Waals surface area contributed by atoms with Crippen LogP contribution in [-0.4, -0.2) is 25.6 Å². The van der Waals surface area contributed by atoms with Crippen LogP contribution in [0.5, 0.6) is 0 Å². The molecule has 2 nitrogen and oxygen atoms in total. The third kappa shape index (κ3) is 3.37. The van der Waals surface area contributed by atoms with Gasteiger partial charge in [-0.25, -0.2) is 0 Å². The Bertz CT molecular complexity index is 242. The minimum absolute atomic E-state index is 0.0125. The lowest BCUT2D eigenvalue weighted by Gasteiger charge is -2.25. The molecule has 0 aliphatic heterocycles. The molecule has 0 bridgehead atoms. The molecule has 1 rings (SSSR count). The van der Waals surface area contributed by atoms with Gasteiger partial charge in [-0.15, -0.1) is 0 Å². The highest BCUT2D eigenvalue weighted by Crippen LogP contribution is 2.30. The average molecular weight is 227 g/mol. The van der Waals surface area contributed by atoms with Crippen LogP contribution in [0, 0.1) is 0 Å². The fourth-order valence-corrected chi connectivity index (χ4v) is 1.42. The minimum atomic E-state index is -4.39. The van der Waals surface area contributed by atoms with E-state index in [2.05, 4.69) is 10.1 Å². The van der Waals surface area contributed by atoms with E-state index in [1.165, 1.54) is 6.08 Å². The van der Waals surface area contributed by atoms with E-state index in [0.717, 1.165) is 6.42 Å². The molecule has 0 radical (unpaired) electrons. The van der Waals surface area contributed by atoms with Gasteiger partial charge in [-0.05, 0) is 26.0 Å². The second-order valence-electron chi connectivity index (χ2n) is 3.40. The Hall–Kier alpha value is -0.780. The number of allylic oxidation sites excluding steroid dienone is 1. The zero-order chi connectivity index (χ0) is 11.5. The fraction of sp³-hybridized carbons (Fsp3) is 0.778. The monoisotopic (exact) mass is 227 g/mol. The first-order valence-electron chi connectivity index (χ1n) is 4.67. The van der Waals surface area contributed by atoms with E-state index in [1.807, 2.05) is 0 Å². The van der Waals surface area contributed by atoms with Crippen molar-refractivity contribution in [2.75, 3.05) is 7.05 Å². The summed E-state index contributed by atoms with van der Waals surface area (Å²) in [6, 6.07) is 0.0125. The zero-order valence-corrected chi connectivity index (χ0v) is 8.27. The molecule has 0 heterocycles. The molecular formula is C9H13F4NO. The molecule has 0 saturated heterocycles. The average Bonchev–Trinajstić information content (AvgIpc) is 2.17. The van der Waals surface area contributed by atoms with Gasteiger partial charge >= 0.3 is 12.5 Å². The summed E-state index contributed by atoms with van der Waals surface area (Å²) in [5.41, 5.74) is 0. The molecule has 1 aliphatic carbocycles. The Kier molecular flexibility index (Phi) is 3.96. The van der Waals surface area contributed by atoms with E-state index in [1.54, 1.807) is 7.05 Å². The molecule has 15 heavy (non-hydrogen) atoms. The highest BCUT2D eigenvalue weighted by molar-refractivity contribution is 5.02. The largest absolute Gasteiger partial charge is 0.460 e. The van der Waals surface area contributed by atoms with Gasteiger partial charge in [0.15, 0.2) is 0 Å². The van der Waals surface area contributed by atoms with Crippen LogP contribution in [0.3, 0.4) is 0 Å². The van der Waals surface area contributed by atoms with Crippen molar-refractivity contribution in [2.45, 2.75) is 37.8 Å². The first-order chi connectivity index (χ1) is 6.95. The van der Waals surface area contributed by atoms with Gasteiger partial charge < -0.3 is 10.1 Å². The van der Waals surface area contributed by atoms with Crippen molar-refractivity contribution in [2.24, 2.45) is 0 Å². The summed E-state index contributed by atoms with van der Waals surface area (Å²) in [6.07, 6.45) is -5.18. The van der Waals surface area contributed by atoms with Crippen molar-refractivity contribution in [1.29, 1.82) is 0 Å². The number of hydrogen-bond acceptors (Lipinski definition) is 2. The highest BCUT2D eigenvalue weighted by atomic mass is 19.3. The van der Waals surface area contributed by atoms with Gasteiger partial charge in [-0.2, -0.15) is 17.6 Å². The number of nitrogens with one attached hydrogen (secondary N) is 1. The molecule has 0 aromatic carbocycles. The molecule has 0 saturated carbocycles. The van der Waals surface area contributed by atoms with Crippen LogP contribution in [0.15, 0.2) is 11.8 Å². The van der Waals surface area contributed by atoms with Crippen molar-refractivity contribution < 1.29 is 22.3 Å². The van der Waals surface area contributed by atoms with Gasteiger partial charge in [0, 0.05) is 12.5 Å². The third-order valence-corrected chi connectivity index (χ3v) is 2.26. The van der Waals surface area contributed by atoms with E-state index in [9.17, 15) is 17.6 Å². The SMILES string of the molecule is CNC1CCC=C(OC(F)(F)C(F)F)C1. The standard InChI is InChI=1S/C9H13F4NO/c1-14-6-3-2-4-7(5-6)15-9(12,13)8(10)11/h4,6,8,14H,2-3,5H2,1H3. The molecule has 0 spiro atoms. The molecule has 0 amide bonds. The minimum Gasteiger partial charge on any atom is -0.433 e. The van der Waals surface area contributed by atoms with Crippen LogP contribution >= 0.6 is 0 Å². The van der Waals surface area contributed by atoms with E-state index >= 15 is 0 Å². The number of hydrogen-bond donors (Lipinski definition) is 1. The molecule has 88 valence electrons. The van der Waals surface area contributed by atoms with Crippen molar-refractivity contribution >= 4 is 0 Å². The molecular weight excluding hydrogens is 214 g/mol. The third-order valence-electron chi connectivity index (χ3n) is 2.26. The smallest absolute Gasteiger partial charge is 0.433 e. The first kappa shape index (κ1) is 12.3. The van der Waals surface area contributed by atoms with Crippen LogP contribution in [0.2, 0.25) is 0 Å². The van der Waals surface area contributed by atoms with Crippen LogP contribution in [0.1, 0.15) is 19.3 Å². The van der Waals surface area contributed by atoms with Crippen molar-refractivity contribution in [3.05, 3.63) is 11.8 Å². The number of halogens is 4. The van der Waals surface area contributed by atoms with E-state index in [-0.39, 0.29) is 18.2 Å². The van der Waals surface area contributed by atoms with Gasteiger partial charge in [0.25, 0.3) is 0 Å². The van der Waals surface area contributed by atoms with Gasteiger partial charge in [0.05, 0.1) is 0 Å². The van der Waals surface area contributed by atoms with Crippen molar-refractivity contribution in [3.8, 4) is 0 Å². The van der Waals surface area contributed by atoms with E-state index in [0.29, 0.717) is 6.42 Å². The maximum atomic E-state index is 12.5. The molecule has 1 N–H and O–H groups in total. The quantitative estimate of drug-likeness (QED) is 0.745. The van der Waals surface area contributed by atoms with Crippen molar-refractivity contribution in [3.63, 3.8) is 0 Å². The summed E-state index contributed by atoms with van der Waals surface area (Å²) in [6.45, 7) is 0. The molecule has 1 unspecified atom stereocenters. The second-order valence-corrected chi connectivity index (χ2v) is 3.40. The van der Waals surface area contributed by atoms with Gasteiger partial charge in [-0.1, -0.05) is 0 Å². The van der Waals surface area contributed by atoms with Crippen LogP contribution in [0.4, 0.5) is 17.6 Å². The maximum Gasteiger partial charge on any atom is 0.460 e. The predicted octanol–water partition coefficient (Wildman–Crippen LogP) is 2.52. The van der Waals surface area contributed by atoms with Crippen LogP contribution in [-0.2, 0) is 4.74 Å². The summed E-state index contributed by atoms with van der Waals surface area (Å²) < 4.78 is 52.7. The molecule has 0 fully saturated rings. The molecule has 0 aromatic rings. The topological polar surface area (TPSA) is 21.3 Å². The predicted molar refractivity (Wildman–Crippen MR) is 46.8 cm³/mol. The number of ether oxygens (including phenoxy) is 1. The summed E-state index contributed by atoms with van der Waals surface area (Å²) in [7, 11) is 1.69. The van der Waals surface area contributed by atoms with E-state index < -0.39 is 12.5 Å². The first-order valence-corrected chi connectivity index (χ1v) is 4.67. The molecule has 1 aliphatic rings. The Morgan fingerprint density at radius 2 is 2.20 bits per heavy atom. The molecule has 0 aromatic heterocycles. The lowest BCUT2D eigenvalue weighted by atomic mass is 10.0. The lowest BCUT2D eigenvalue weighted by Crippen LogP contribution is -2.33.